The molecule has 11 nitrogen and oxygen atoms in total. The lowest BCUT2D eigenvalue weighted by Gasteiger charge is -2.49. The molecule has 4 heterocycles. The lowest BCUT2D eigenvalue weighted by atomic mass is 9.94. The van der Waals surface area contributed by atoms with Gasteiger partial charge in [-0.15, -0.1) is 46.6 Å². The van der Waals surface area contributed by atoms with Crippen molar-refractivity contribution in [3.05, 3.63) is 51.8 Å². The average Bonchev–Trinajstić information content (AvgIpc) is 3.31. The van der Waals surface area contributed by atoms with E-state index in [1.165, 1.54) is 23.8 Å². The molecule has 2 aliphatic rings. The average molecular weight is 567 g/mol. The molecule has 0 bridgehead atoms. The Morgan fingerprint density at radius 2 is 2.25 bits per heavy atom. The first-order chi connectivity index (χ1) is 17.3. The number of nitrogens with two attached hydrogens (primary N) is 1. The van der Waals surface area contributed by atoms with Gasteiger partial charge in [-0.25, -0.2) is 9.78 Å². The standard InChI is InChI=1S/C21H22N6O5S4/c1-32-26-14(11-7-36-21(22)24-11)17(28)25-15-12-8-34-13(16(19(30)31)27(12)18(15)29)9-35-20(33-2)10-5-3-4-6-23-10/h3-7,12,15,20H,8-9H2,1-2H3,(H2,22,24)(H,25,28)(H,30,31). The Bertz CT molecular complexity index is 1220. The fourth-order valence-electron chi connectivity index (χ4n) is 3.71. The summed E-state index contributed by atoms with van der Waals surface area (Å²) in [6.45, 7) is 0. The SMILES string of the molecule is CON=C(C(=O)NC1C(=O)N2C(C(=O)O)=C(CSC(SC)c3ccccn3)SCC12)c1csc(N)n1. The molecule has 2 aromatic rings. The number of rotatable bonds is 10. The summed E-state index contributed by atoms with van der Waals surface area (Å²) in [5.74, 6) is -1.48. The van der Waals surface area contributed by atoms with Gasteiger partial charge < -0.3 is 21.0 Å². The van der Waals surface area contributed by atoms with Crippen LogP contribution in [0.3, 0.4) is 0 Å². The number of hydrogen-bond donors (Lipinski definition) is 3. The van der Waals surface area contributed by atoms with Crippen LogP contribution in [0.4, 0.5) is 5.13 Å². The van der Waals surface area contributed by atoms with Crippen LogP contribution in [0.15, 0.2) is 45.5 Å². The quantitative estimate of drug-likeness (QED) is 0.167. The van der Waals surface area contributed by atoms with E-state index in [0.717, 1.165) is 17.0 Å². The van der Waals surface area contributed by atoms with Gasteiger partial charge in [0, 0.05) is 28.0 Å². The fourth-order valence-corrected chi connectivity index (χ4v) is 7.71. The van der Waals surface area contributed by atoms with Gasteiger partial charge in [-0.3, -0.25) is 19.5 Å². The number of nitrogens with one attached hydrogen (secondary N) is 1. The number of β-lactam (4-membered cyclic amide) rings is 1. The topological polar surface area (TPSA) is 160 Å². The molecule has 0 saturated carbocycles. The van der Waals surface area contributed by atoms with Crippen LogP contribution in [0.2, 0.25) is 0 Å². The maximum Gasteiger partial charge on any atom is 0.353 e. The number of aliphatic carboxylic acids is 1. The lowest BCUT2D eigenvalue weighted by Crippen LogP contribution is -2.73. The highest BCUT2D eigenvalue weighted by molar-refractivity contribution is 8.16. The van der Waals surface area contributed by atoms with E-state index < -0.39 is 29.9 Å². The van der Waals surface area contributed by atoms with Crippen molar-refractivity contribution in [3.63, 3.8) is 0 Å². The number of carbonyl (C=O) groups is 3. The summed E-state index contributed by atoms with van der Waals surface area (Å²) in [4.78, 5) is 53.1. The number of thioether (sulfide) groups is 3. The van der Waals surface area contributed by atoms with Crippen LogP contribution in [-0.2, 0) is 19.2 Å². The molecular formula is C21H22N6O5S4. The second-order valence-corrected chi connectivity index (χ2v) is 11.8. The number of carboxylic acid groups (broad SMARTS) is 1. The highest BCUT2D eigenvalue weighted by Gasteiger charge is 2.54. The number of amides is 2. The predicted molar refractivity (Wildman–Crippen MR) is 143 cm³/mol. The number of fused-ring (bicyclic) bond motifs is 1. The number of nitrogen functional groups attached to an aromatic ring is 1. The van der Waals surface area contributed by atoms with Crippen molar-refractivity contribution < 1.29 is 24.3 Å². The first-order valence-electron chi connectivity index (χ1n) is 10.5. The Morgan fingerprint density at radius 3 is 2.86 bits per heavy atom. The van der Waals surface area contributed by atoms with Crippen molar-refractivity contribution >= 4 is 75.2 Å². The number of carbonyl (C=O) groups excluding carboxylic acids is 2. The molecule has 15 heteroatoms. The van der Waals surface area contributed by atoms with Crippen LogP contribution in [0, 0.1) is 0 Å². The molecule has 2 amide bonds. The molecule has 0 radical (unpaired) electrons. The van der Waals surface area contributed by atoms with E-state index in [1.54, 1.807) is 35.1 Å². The van der Waals surface area contributed by atoms with Gasteiger partial charge in [0.1, 0.15) is 24.5 Å². The third-order valence-electron chi connectivity index (χ3n) is 5.31. The summed E-state index contributed by atoms with van der Waals surface area (Å²) in [5.41, 5.74) is 6.60. The number of hydrogen-bond acceptors (Lipinski definition) is 12. The van der Waals surface area contributed by atoms with Gasteiger partial charge in [0.15, 0.2) is 10.8 Å². The number of aromatic nitrogens is 2. The van der Waals surface area contributed by atoms with Crippen LogP contribution in [0.5, 0.6) is 0 Å². The number of anilines is 1. The smallest absolute Gasteiger partial charge is 0.353 e. The Hall–Kier alpha value is -2.75. The Balaban J connectivity index is 1.48. The molecule has 0 spiro atoms. The fraction of sp³-hybridized carbons (Fsp3) is 0.333. The predicted octanol–water partition coefficient (Wildman–Crippen LogP) is 2.00. The highest BCUT2D eigenvalue weighted by atomic mass is 32.2. The van der Waals surface area contributed by atoms with E-state index in [0.29, 0.717) is 16.4 Å². The molecule has 4 rings (SSSR count). The second-order valence-electron chi connectivity index (χ2n) is 7.44. The molecule has 36 heavy (non-hydrogen) atoms. The number of pyridine rings is 1. The number of carboxylic acids is 1. The van der Waals surface area contributed by atoms with Gasteiger partial charge in [-0.05, 0) is 18.4 Å². The number of nitrogens with zero attached hydrogens (tertiary/aromatic N) is 4. The summed E-state index contributed by atoms with van der Waals surface area (Å²) in [6.07, 6.45) is 3.69. The monoisotopic (exact) mass is 566 g/mol. The minimum atomic E-state index is -1.18. The molecular weight excluding hydrogens is 545 g/mol. The maximum atomic E-state index is 13.0. The largest absolute Gasteiger partial charge is 0.477 e. The maximum absolute atomic E-state index is 13.0. The van der Waals surface area contributed by atoms with Crippen molar-refractivity contribution in [1.82, 2.24) is 20.2 Å². The van der Waals surface area contributed by atoms with E-state index in [-0.39, 0.29) is 26.8 Å². The Kier molecular flexibility index (Phi) is 8.43. The zero-order valence-electron chi connectivity index (χ0n) is 19.1. The van der Waals surface area contributed by atoms with E-state index >= 15 is 0 Å². The Morgan fingerprint density at radius 1 is 1.44 bits per heavy atom. The van der Waals surface area contributed by atoms with Gasteiger partial charge >= 0.3 is 5.97 Å². The first kappa shape index (κ1) is 26.3. The number of oxime groups is 1. The van der Waals surface area contributed by atoms with Gasteiger partial charge in [0.05, 0.1) is 16.3 Å². The van der Waals surface area contributed by atoms with Crippen molar-refractivity contribution in [2.24, 2.45) is 5.16 Å². The van der Waals surface area contributed by atoms with Crippen LogP contribution >= 0.6 is 46.6 Å². The van der Waals surface area contributed by atoms with Crippen molar-refractivity contribution in [2.75, 3.05) is 30.6 Å². The third-order valence-corrected chi connectivity index (χ3v) is 10.0. The zero-order valence-corrected chi connectivity index (χ0v) is 22.4. The van der Waals surface area contributed by atoms with E-state index in [2.05, 4.69) is 20.4 Å². The molecule has 190 valence electrons. The van der Waals surface area contributed by atoms with Gasteiger partial charge in [-0.2, -0.15) is 0 Å². The van der Waals surface area contributed by atoms with Gasteiger partial charge in [0.2, 0.25) is 0 Å². The molecule has 0 aliphatic carbocycles. The summed E-state index contributed by atoms with van der Waals surface area (Å²) in [7, 11) is 1.29. The Labute approximate surface area is 223 Å². The summed E-state index contributed by atoms with van der Waals surface area (Å²) >= 11 is 5.69. The first-order valence-corrected chi connectivity index (χ1v) is 14.7. The van der Waals surface area contributed by atoms with Crippen LogP contribution < -0.4 is 11.1 Å². The molecule has 3 atom stereocenters. The van der Waals surface area contributed by atoms with Gasteiger partial charge in [-0.1, -0.05) is 11.2 Å². The summed E-state index contributed by atoms with van der Waals surface area (Å²) < 4.78 is 0.0180. The van der Waals surface area contributed by atoms with E-state index in [4.69, 9.17) is 10.6 Å². The molecule has 1 fully saturated rings. The minimum Gasteiger partial charge on any atom is -0.477 e. The molecule has 0 aromatic carbocycles. The zero-order chi connectivity index (χ0) is 25.8. The van der Waals surface area contributed by atoms with Crippen molar-refractivity contribution in [2.45, 2.75) is 16.7 Å². The summed E-state index contributed by atoms with van der Waals surface area (Å²) in [6, 6.07) is 4.29. The van der Waals surface area contributed by atoms with E-state index in [9.17, 15) is 19.5 Å². The van der Waals surface area contributed by atoms with Crippen LogP contribution in [-0.4, -0.2) is 80.4 Å². The highest BCUT2D eigenvalue weighted by Crippen LogP contribution is 2.44. The van der Waals surface area contributed by atoms with Crippen molar-refractivity contribution in [3.8, 4) is 0 Å². The third kappa shape index (κ3) is 5.33. The normalized spacial score (nSPS) is 20.4. The minimum absolute atomic E-state index is 0.0180. The van der Waals surface area contributed by atoms with Crippen LogP contribution in [0.1, 0.15) is 16.0 Å². The molecule has 2 aromatic heterocycles. The second kappa shape index (κ2) is 11.5. The lowest BCUT2D eigenvalue weighted by molar-refractivity contribution is -0.153. The molecule has 2 aliphatic heterocycles. The number of thiazole rings is 1. The van der Waals surface area contributed by atoms with Crippen molar-refractivity contribution in [1.29, 1.82) is 0 Å². The molecule has 4 N–H and O–H groups in total. The van der Waals surface area contributed by atoms with Crippen LogP contribution in [0.25, 0.3) is 0 Å². The van der Waals surface area contributed by atoms with E-state index in [1.807, 2.05) is 24.5 Å². The molecule has 3 unspecified atom stereocenters. The molecule has 1 saturated heterocycles. The summed E-state index contributed by atoms with van der Waals surface area (Å²) in [5, 5.41) is 18.1. The van der Waals surface area contributed by atoms with Gasteiger partial charge in [0.25, 0.3) is 11.8 Å².